The van der Waals surface area contributed by atoms with Crippen LogP contribution in [-0.2, 0) is 19.6 Å². The van der Waals surface area contributed by atoms with Crippen LogP contribution in [-0.4, -0.2) is 57.7 Å². The Morgan fingerprint density at radius 1 is 1.40 bits per heavy atom. The van der Waals surface area contributed by atoms with Crippen molar-refractivity contribution in [3.05, 3.63) is 29.8 Å². The summed E-state index contributed by atoms with van der Waals surface area (Å²) >= 11 is 0. The van der Waals surface area contributed by atoms with Crippen molar-refractivity contribution in [3.8, 4) is 6.07 Å². The zero-order chi connectivity index (χ0) is 18.4. The highest BCUT2D eigenvalue weighted by Gasteiger charge is 2.28. The number of anilines is 1. The lowest BCUT2D eigenvalue weighted by Crippen LogP contribution is -2.32. The van der Waals surface area contributed by atoms with Gasteiger partial charge in [0.2, 0.25) is 10.0 Å². The Hall–Kier alpha value is -2.60. The molecule has 0 N–H and O–H groups in total. The number of ether oxygens (including phenoxy) is 1. The van der Waals surface area contributed by atoms with E-state index in [2.05, 4.69) is 0 Å². The summed E-state index contributed by atoms with van der Waals surface area (Å²) in [4.78, 5) is 25.2. The zero-order valence-corrected chi connectivity index (χ0v) is 14.7. The van der Waals surface area contributed by atoms with Crippen LogP contribution in [0.5, 0.6) is 0 Å². The third kappa shape index (κ3) is 4.70. The molecule has 1 aliphatic rings. The van der Waals surface area contributed by atoms with Gasteiger partial charge in [0.05, 0.1) is 29.5 Å². The minimum atomic E-state index is -3.33. The minimum absolute atomic E-state index is 0.0885. The molecule has 0 atom stereocenters. The maximum Gasteiger partial charge on any atom is 0.338 e. The van der Waals surface area contributed by atoms with Gasteiger partial charge in [-0.3, -0.25) is 9.10 Å². The molecule has 0 aliphatic carbocycles. The van der Waals surface area contributed by atoms with Crippen molar-refractivity contribution < 1.29 is 22.7 Å². The standard InChI is InChI=1S/C16H19N3O5S/c1-18(8-3-7-17)15(20)12-24-16(21)13-5-2-6-14(11-13)19-9-4-10-25(19,22)23/h2,5-6,11H,3-4,8-10,12H2,1H3. The van der Waals surface area contributed by atoms with Crippen LogP contribution in [0.1, 0.15) is 23.2 Å². The Balaban J connectivity index is 2.00. The van der Waals surface area contributed by atoms with Crippen molar-refractivity contribution in [2.24, 2.45) is 0 Å². The first-order valence-electron chi connectivity index (χ1n) is 7.73. The number of hydrogen-bond donors (Lipinski definition) is 0. The van der Waals surface area contributed by atoms with Gasteiger partial charge < -0.3 is 9.64 Å². The molecule has 2 rings (SSSR count). The van der Waals surface area contributed by atoms with E-state index in [1.807, 2.05) is 6.07 Å². The molecular weight excluding hydrogens is 346 g/mol. The molecule has 1 saturated heterocycles. The van der Waals surface area contributed by atoms with Gasteiger partial charge in [-0.15, -0.1) is 0 Å². The first-order valence-corrected chi connectivity index (χ1v) is 9.34. The molecule has 134 valence electrons. The molecule has 0 saturated carbocycles. The fourth-order valence-electron chi connectivity index (χ4n) is 2.38. The second-order valence-corrected chi connectivity index (χ2v) is 7.60. The van der Waals surface area contributed by atoms with Crippen molar-refractivity contribution >= 4 is 27.6 Å². The normalized spacial score (nSPS) is 15.4. The van der Waals surface area contributed by atoms with E-state index in [9.17, 15) is 18.0 Å². The van der Waals surface area contributed by atoms with Crippen LogP contribution in [0.2, 0.25) is 0 Å². The molecule has 0 spiro atoms. The number of carbonyl (C=O) groups excluding carboxylic acids is 2. The van der Waals surface area contributed by atoms with Crippen LogP contribution in [0.25, 0.3) is 0 Å². The largest absolute Gasteiger partial charge is 0.452 e. The summed E-state index contributed by atoms with van der Waals surface area (Å²) in [5.41, 5.74) is 0.580. The third-order valence-corrected chi connectivity index (χ3v) is 5.65. The monoisotopic (exact) mass is 365 g/mol. The molecular formula is C16H19N3O5S. The van der Waals surface area contributed by atoms with E-state index in [0.29, 0.717) is 18.7 Å². The van der Waals surface area contributed by atoms with Gasteiger partial charge in [0, 0.05) is 20.1 Å². The minimum Gasteiger partial charge on any atom is -0.452 e. The van der Waals surface area contributed by atoms with Gasteiger partial charge in [-0.2, -0.15) is 5.26 Å². The Bertz CT molecular complexity index is 800. The Morgan fingerprint density at radius 2 is 2.16 bits per heavy atom. The van der Waals surface area contributed by atoms with Crippen LogP contribution >= 0.6 is 0 Å². The molecule has 0 bridgehead atoms. The summed E-state index contributed by atoms with van der Waals surface area (Å²) in [6.45, 7) is 0.200. The fraction of sp³-hybridized carbons (Fsp3) is 0.438. The first kappa shape index (κ1) is 18.7. The van der Waals surface area contributed by atoms with Gasteiger partial charge >= 0.3 is 5.97 Å². The van der Waals surface area contributed by atoms with Crippen LogP contribution in [0.4, 0.5) is 5.69 Å². The van der Waals surface area contributed by atoms with E-state index in [1.54, 1.807) is 12.1 Å². The van der Waals surface area contributed by atoms with E-state index in [4.69, 9.17) is 10.00 Å². The lowest BCUT2D eigenvalue weighted by Gasteiger charge is -2.18. The number of nitrogens with zero attached hydrogens (tertiary/aromatic N) is 3. The molecule has 0 radical (unpaired) electrons. The summed E-state index contributed by atoms with van der Waals surface area (Å²) in [5, 5.41) is 8.50. The van der Waals surface area contributed by atoms with Gasteiger partial charge in [-0.05, 0) is 24.6 Å². The molecule has 1 amide bonds. The molecule has 1 aromatic carbocycles. The first-order chi connectivity index (χ1) is 11.8. The molecule has 1 fully saturated rings. The molecule has 0 unspecified atom stereocenters. The van der Waals surface area contributed by atoms with Gasteiger partial charge in [0.15, 0.2) is 6.61 Å². The zero-order valence-electron chi connectivity index (χ0n) is 13.8. The smallest absolute Gasteiger partial charge is 0.338 e. The molecule has 9 heteroatoms. The van der Waals surface area contributed by atoms with Gasteiger partial charge in [0.1, 0.15) is 0 Å². The van der Waals surface area contributed by atoms with E-state index in [0.717, 1.165) is 0 Å². The average molecular weight is 365 g/mol. The van der Waals surface area contributed by atoms with Crippen LogP contribution in [0.3, 0.4) is 0 Å². The number of nitriles is 1. The number of sulfonamides is 1. The van der Waals surface area contributed by atoms with Crippen LogP contribution in [0.15, 0.2) is 24.3 Å². The van der Waals surface area contributed by atoms with Crippen molar-refractivity contribution in [2.75, 3.05) is 36.8 Å². The lowest BCUT2D eigenvalue weighted by molar-refractivity contribution is -0.133. The third-order valence-electron chi connectivity index (χ3n) is 3.78. The van der Waals surface area contributed by atoms with Crippen molar-refractivity contribution in [3.63, 3.8) is 0 Å². The number of carbonyl (C=O) groups is 2. The van der Waals surface area contributed by atoms with Gasteiger partial charge in [0.25, 0.3) is 5.91 Å². The van der Waals surface area contributed by atoms with Crippen LogP contribution in [0, 0.1) is 11.3 Å². The highest BCUT2D eigenvalue weighted by Crippen LogP contribution is 2.24. The summed E-state index contributed by atoms with van der Waals surface area (Å²) in [6, 6.07) is 8.05. The molecule has 0 aromatic heterocycles. The van der Waals surface area contributed by atoms with Gasteiger partial charge in [-0.25, -0.2) is 13.2 Å². The molecule has 8 nitrogen and oxygen atoms in total. The highest BCUT2D eigenvalue weighted by atomic mass is 32.2. The van der Waals surface area contributed by atoms with Crippen molar-refractivity contribution in [2.45, 2.75) is 12.8 Å². The molecule has 1 aromatic rings. The van der Waals surface area contributed by atoms with Gasteiger partial charge in [-0.1, -0.05) is 6.07 Å². The predicted molar refractivity (Wildman–Crippen MR) is 90.3 cm³/mol. The second-order valence-electron chi connectivity index (χ2n) is 5.59. The van der Waals surface area contributed by atoms with E-state index in [1.165, 1.54) is 28.4 Å². The Morgan fingerprint density at radius 3 is 2.80 bits per heavy atom. The quantitative estimate of drug-likeness (QED) is 0.689. The molecule has 25 heavy (non-hydrogen) atoms. The maximum absolute atomic E-state index is 12.1. The second kappa shape index (κ2) is 7.98. The van der Waals surface area contributed by atoms with Crippen molar-refractivity contribution in [1.29, 1.82) is 5.26 Å². The number of rotatable bonds is 6. The van der Waals surface area contributed by atoms with Crippen LogP contribution < -0.4 is 4.31 Å². The number of likely N-dealkylation sites (N-methyl/N-ethyl adjacent to an activating group) is 1. The number of amides is 1. The number of hydrogen-bond acceptors (Lipinski definition) is 6. The Labute approximate surface area is 146 Å². The topological polar surface area (TPSA) is 108 Å². The van der Waals surface area contributed by atoms with E-state index in [-0.39, 0.29) is 24.3 Å². The van der Waals surface area contributed by atoms with E-state index < -0.39 is 28.5 Å². The number of esters is 1. The SMILES string of the molecule is CN(CCC#N)C(=O)COC(=O)c1cccc(N2CCCS2(=O)=O)c1. The summed E-state index contributed by atoms with van der Waals surface area (Å²) < 4.78 is 30.2. The summed E-state index contributed by atoms with van der Waals surface area (Å²) in [5.74, 6) is -1.03. The molecule has 1 aliphatic heterocycles. The summed E-state index contributed by atoms with van der Waals surface area (Å²) in [7, 11) is -1.81. The number of benzene rings is 1. The highest BCUT2D eigenvalue weighted by molar-refractivity contribution is 7.93. The lowest BCUT2D eigenvalue weighted by atomic mass is 10.2. The molecule has 1 heterocycles. The maximum atomic E-state index is 12.1. The van der Waals surface area contributed by atoms with Crippen molar-refractivity contribution in [1.82, 2.24) is 4.90 Å². The average Bonchev–Trinajstić information content (AvgIpc) is 2.96. The fourth-order valence-corrected chi connectivity index (χ4v) is 3.94. The predicted octanol–water partition coefficient (Wildman–Crippen LogP) is 0.755. The summed E-state index contributed by atoms with van der Waals surface area (Å²) in [6.07, 6.45) is 0.739. The Kier molecular flexibility index (Phi) is 5.98. The van der Waals surface area contributed by atoms with E-state index >= 15 is 0 Å².